The van der Waals surface area contributed by atoms with Crippen LogP contribution in [0.1, 0.15) is 62.9 Å². The zero-order valence-corrected chi connectivity index (χ0v) is 19.7. The second-order valence-electron chi connectivity index (χ2n) is 10.4. The summed E-state index contributed by atoms with van der Waals surface area (Å²) in [5.41, 5.74) is 2.41. The number of hydrogen-bond acceptors (Lipinski definition) is 4. The van der Waals surface area contributed by atoms with Crippen LogP contribution in [0.2, 0.25) is 0 Å². The van der Waals surface area contributed by atoms with Crippen molar-refractivity contribution >= 4 is 17.2 Å². The number of carbonyl (C=O) groups excluding carboxylic acids is 1. The topological polar surface area (TPSA) is 53.4 Å². The lowest BCUT2D eigenvalue weighted by molar-refractivity contribution is -0.143. The van der Waals surface area contributed by atoms with E-state index in [4.69, 9.17) is 4.98 Å². The van der Waals surface area contributed by atoms with Crippen LogP contribution in [0, 0.1) is 23.2 Å². The second kappa shape index (κ2) is 8.00. The van der Waals surface area contributed by atoms with E-state index in [0.29, 0.717) is 0 Å². The molecule has 1 N–H and O–H groups in total. The number of hydrogen-bond donors (Lipinski definition) is 1. The molecule has 166 valence electrons. The average Bonchev–Trinajstić information content (AvgIpc) is 3.43. The monoisotopic (exact) mass is 438 g/mol. The van der Waals surface area contributed by atoms with Crippen molar-refractivity contribution in [2.75, 3.05) is 13.1 Å². The zero-order valence-electron chi connectivity index (χ0n) is 18.9. The minimum Gasteiger partial charge on any atom is -0.392 e. The lowest BCUT2D eigenvalue weighted by Gasteiger charge is -2.53. The maximum absolute atomic E-state index is 13.1. The lowest BCUT2D eigenvalue weighted by atomic mass is 9.53. The summed E-state index contributed by atoms with van der Waals surface area (Å²) in [5, 5.41) is 12.7. The summed E-state index contributed by atoms with van der Waals surface area (Å²) < 4.78 is 0. The minimum atomic E-state index is -0.453. The van der Waals surface area contributed by atoms with Gasteiger partial charge in [0, 0.05) is 35.4 Å². The molecular formula is C26H34N2O2S. The van der Waals surface area contributed by atoms with Gasteiger partial charge in [-0.1, -0.05) is 51.1 Å². The highest BCUT2D eigenvalue weighted by molar-refractivity contribution is 7.15. The number of carbonyl (C=O) groups is 1. The van der Waals surface area contributed by atoms with E-state index in [1.807, 2.05) is 29.2 Å². The number of rotatable bonds is 3. The number of thiazole rings is 1. The van der Waals surface area contributed by atoms with Crippen molar-refractivity contribution in [3.8, 4) is 10.6 Å². The molecule has 2 aliphatic carbocycles. The molecule has 1 amide bonds. The Morgan fingerprint density at radius 3 is 2.68 bits per heavy atom. The van der Waals surface area contributed by atoms with Gasteiger partial charge in [-0.25, -0.2) is 4.98 Å². The third-order valence-electron chi connectivity index (χ3n) is 8.39. The second-order valence-corrected chi connectivity index (χ2v) is 11.4. The lowest BCUT2D eigenvalue weighted by Crippen LogP contribution is -2.53. The summed E-state index contributed by atoms with van der Waals surface area (Å²) in [6.07, 6.45) is 4.76. The maximum atomic E-state index is 13.1. The van der Waals surface area contributed by atoms with Crippen molar-refractivity contribution in [1.29, 1.82) is 0 Å². The Labute approximate surface area is 189 Å². The van der Waals surface area contributed by atoms with Gasteiger partial charge >= 0.3 is 0 Å². The highest BCUT2D eigenvalue weighted by Gasteiger charge is 2.54. The smallest absolute Gasteiger partial charge is 0.225 e. The van der Waals surface area contributed by atoms with Gasteiger partial charge in [0.1, 0.15) is 5.01 Å². The van der Waals surface area contributed by atoms with Crippen molar-refractivity contribution in [3.63, 3.8) is 0 Å². The molecule has 1 saturated carbocycles. The van der Waals surface area contributed by atoms with Gasteiger partial charge in [-0.15, -0.1) is 11.3 Å². The quantitative estimate of drug-likeness (QED) is 0.723. The van der Waals surface area contributed by atoms with Crippen LogP contribution >= 0.6 is 11.3 Å². The number of fused-ring (bicyclic) bond motifs is 2. The predicted molar refractivity (Wildman–Crippen MR) is 125 cm³/mol. The van der Waals surface area contributed by atoms with Crippen LogP contribution in [0.4, 0.5) is 0 Å². The Hall–Kier alpha value is -1.72. The molecule has 2 aromatic rings. The highest BCUT2D eigenvalue weighted by atomic mass is 32.1. The summed E-state index contributed by atoms with van der Waals surface area (Å²) >= 11 is 1.82. The number of likely N-dealkylation sites (tertiary alicyclic amines) is 1. The van der Waals surface area contributed by atoms with Crippen LogP contribution in [0.25, 0.3) is 10.6 Å². The number of aliphatic hydroxyl groups is 1. The summed E-state index contributed by atoms with van der Waals surface area (Å²) in [4.78, 5) is 21.5. The van der Waals surface area contributed by atoms with E-state index < -0.39 is 6.10 Å². The van der Waals surface area contributed by atoms with Gasteiger partial charge in [-0.05, 0) is 49.4 Å². The van der Waals surface area contributed by atoms with Crippen LogP contribution < -0.4 is 0 Å². The van der Waals surface area contributed by atoms with Gasteiger partial charge in [0.2, 0.25) is 5.91 Å². The molecule has 0 unspecified atom stereocenters. The van der Waals surface area contributed by atoms with E-state index in [0.717, 1.165) is 50.2 Å². The maximum Gasteiger partial charge on any atom is 0.225 e. The molecule has 1 aliphatic heterocycles. The van der Waals surface area contributed by atoms with Gasteiger partial charge in [0.15, 0.2) is 0 Å². The van der Waals surface area contributed by atoms with Crippen molar-refractivity contribution in [2.24, 2.45) is 23.2 Å². The Kier molecular flexibility index (Phi) is 5.46. The molecule has 1 saturated heterocycles. The number of aliphatic hydroxyl groups excluding tert-OH is 1. The van der Waals surface area contributed by atoms with E-state index in [-0.39, 0.29) is 35.0 Å². The largest absolute Gasteiger partial charge is 0.392 e. The molecule has 2 fully saturated rings. The predicted octanol–water partition coefficient (Wildman–Crippen LogP) is 5.12. The normalized spacial score (nSPS) is 33.6. The van der Waals surface area contributed by atoms with E-state index in [1.165, 1.54) is 16.1 Å². The fourth-order valence-electron chi connectivity index (χ4n) is 6.66. The molecule has 5 heteroatoms. The Balaban J connectivity index is 1.42. The minimum absolute atomic E-state index is 0.0439. The number of amides is 1. The molecule has 0 radical (unpaired) electrons. The first-order valence-corrected chi connectivity index (χ1v) is 12.7. The number of aromatic nitrogens is 1. The Morgan fingerprint density at radius 1 is 1.26 bits per heavy atom. The van der Waals surface area contributed by atoms with Gasteiger partial charge in [0.05, 0.1) is 11.8 Å². The molecule has 31 heavy (non-hydrogen) atoms. The standard InChI is InChI=1S/C26H34N2O2S/c1-16(25(30)28-13-7-8-14-28)19-11-12-26(3)15-20-22(17(2)21(26)23(19)29)27-24(31-20)18-9-5-4-6-10-18/h4-6,9-10,16-17,19,21,23,29H,7-8,11-15H2,1-3H3/t16-,17+,19+,21+,23-,26+/m0/s1. The summed E-state index contributed by atoms with van der Waals surface area (Å²) in [6, 6.07) is 10.4. The van der Waals surface area contributed by atoms with Crippen LogP contribution in [0.5, 0.6) is 0 Å². The first kappa shape index (κ1) is 21.1. The third-order valence-corrected chi connectivity index (χ3v) is 9.51. The van der Waals surface area contributed by atoms with E-state index in [9.17, 15) is 9.90 Å². The molecule has 0 bridgehead atoms. The molecule has 4 nitrogen and oxygen atoms in total. The molecule has 2 heterocycles. The number of nitrogens with zero attached hydrogens (tertiary/aromatic N) is 2. The molecule has 1 aromatic carbocycles. The van der Waals surface area contributed by atoms with E-state index in [2.05, 4.69) is 38.1 Å². The van der Waals surface area contributed by atoms with Crippen LogP contribution in [0.15, 0.2) is 30.3 Å². The Morgan fingerprint density at radius 2 is 1.97 bits per heavy atom. The molecular weight excluding hydrogens is 404 g/mol. The van der Waals surface area contributed by atoms with E-state index in [1.54, 1.807) is 0 Å². The van der Waals surface area contributed by atoms with Crippen molar-refractivity contribution in [1.82, 2.24) is 9.88 Å². The molecule has 5 rings (SSSR count). The molecule has 1 aromatic heterocycles. The average molecular weight is 439 g/mol. The van der Waals surface area contributed by atoms with Gasteiger partial charge in [-0.3, -0.25) is 4.79 Å². The van der Waals surface area contributed by atoms with Crippen LogP contribution in [-0.2, 0) is 11.2 Å². The third kappa shape index (κ3) is 3.54. The van der Waals surface area contributed by atoms with Crippen LogP contribution in [0.3, 0.4) is 0 Å². The van der Waals surface area contributed by atoms with Crippen LogP contribution in [-0.4, -0.2) is 40.1 Å². The first-order chi connectivity index (χ1) is 14.9. The fourth-order valence-corrected chi connectivity index (χ4v) is 8.03. The summed E-state index contributed by atoms with van der Waals surface area (Å²) in [6.45, 7) is 8.41. The van der Waals surface area contributed by atoms with E-state index >= 15 is 0 Å². The summed E-state index contributed by atoms with van der Waals surface area (Å²) in [5.74, 6) is 0.533. The van der Waals surface area contributed by atoms with Crippen molar-refractivity contribution in [3.05, 3.63) is 40.9 Å². The molecule has 0 spiro atoms. The zero-order chi connectivity index (χ0) is 21.8. The number of benzene rings is 1. The van der Waals surface area contributed by atoms with Gasteiger partial charge in [0.25, 0.3) is 0 Å². The van der Waals surface area contributed by atoms with Crippen molar-refractivity contribution < 1.29 is 9.90 Å². The Bertz CT molecular complexity index is 952. The fraction of sp³-hybridized carbons (Fsp3) is 0.615. The summed E-state index contributed by atoms with van der Waals surface area (Å²) in [7, 11) is 0. The van der Waals surface area contributed by atoms with Crippen molar-refractivity contribution in [2.45, 2.75) is 64.9 Å². The first-order valence-electron chi connectivity index (χ1n) is 11.9. The SMILES string of the molecule is C[C@H](C(=O)N1CCCC1)[C@H]1CC[C@]2(C)Cc3sc(-c4ccccc4)nc3[C@H](C)[C@@H]2[C@H]1O. The highest BCUT2D eigenvalue weighted by Crippen LogP contribution is 2.57. The van der Waals surface area contributed by atoms with Gasteiger partial charge < -0.3 is 10.0 Å². The van der Waals surface area contributed by atoms with Gasteiger partial charge in [-0.2, -0.15) is 0 Å². The molecule has 6 atom stereocenters. The molecule has 3 aliphatic rings.